The second-order valence-corrected chi connectivity index (χ2v) is 5.88. The van der Waals surface area contributed by atoms with Crippen LogP contribution in [-0.2, 0) is 19.0 Å². The number of carbonyl (C=O) groups is 1. The highest BCUT2D eigenvalue weighted by molar-refractivity contribution is 5.79. The maximum Gasteiger partial charge on any atom is 0.305 e. The minimum absolute atomic E-state index is 0.137. The molecule has 1 fully saturated rings. The first-order chi connectivity index (χ1) is 11.8. The van der Waals surface area contributed by atoms with Crippen LogP contribution in [0.3, 0.4) is 0 Å². The maximum atomic E-state index is 11.0. The molecule has 1 heterocycles. The normalized spacial score (nSPS) is 17.8. The van der Waals surface area contributed by atoms with E-state index in [2.05, 4.69) is 20.4 Å². The van der Waals surface area contributed by atoms with Gasteiger partial charge in [-0.1, -0.05) is 6.42 Å². The molecule has 0 saturated carbocycles. The summed E-state index contributed by atoms with van der Waals surface area (Å²) in [6.45, 7) is 3.99. The largest absolute Gasteiger partial charge is 0.469 e. The second kappa shape index (κ2) is 14.0. The number of nitrogens with one attached hydrogen (secondary N) is 2. The van der Waals surface area contributed by atoms with E-state index in [1.807, 2.05) is 0 Å². The van der Waals surface area contributed by atoms with Crippen molar-refractivity contribution >= 4 is 11.9 Å². The van der Waals surface area contributed by atoms with Crippen LogP contribution in [0.25, 0.3) is 0 Å². The molecule has 24 heavy (non-hydrogen) atoms. The van der Waals surface area contributed by atoms with Crippen LogP contribution in [0.2, 0.25) is 0 Å². The lowest BCUT2D eigenvalue weighted by atomic mass is 10.2. The summed E-state index contributed by atoms with van der Waals surface area (Å²) in [7, 11) is 3.19. The van der Waals surface area contributed by atoms with Gasteiger partial charge in [0.25, 0.3) is 0 Å². The van der Waals surface area contributed by atoms with Crippen molar-refractivity contribution in [2.24, 2.45) is 4.99 Å². The van der Waals surface area contributed by atoms with E-state index >= 15 is 0 Å². The van der Waals surface area contributed by atoms with Crippen LogP contribution >= 0.6 is 0 Å². The molecule has 1 saturated heterocycles. The Morgan fingerprint density at radius 2 is 2.00 bits per heavy atom. The van der Waals surface area contributed by atoms with Gasteiger partial charge < -0.3 is 24.8 Å². The molecule has 0 aliphatic carbocycles. The molecular weight excluding hydrogens is 310 g/mol. The summed E-state index contributed by atoms with van der Waals surface area (Å²) in [4.78, 5) is 15.2. The lowest BCUT2D eigenvalue weighted by Gasteiger charge is -2.13. The number of hydrogen-bond acceptors (Lipinski definition) is 5. The van der Waals surface area contributed by atoms with Crippen molar-refractivity contribution in [2.75, 3.05) is 47.1 Å². The van der Waals surface area contributed by atoms with Crippen molar-refractivity contribution in [1.82, 2.24) is 10.6 Å². The van der Waals surface area contributed by atoms with Crippen LogP contribution in [0.15, 0.2) is 4.99 Å². The number of guanidine groups is 1. The highest BCUT2D eigenvalue weighted by Gasteiger charge is 2.14. The summed E-state index contributed by atoms with van der Waals surface area (Å²) in [5, 5.41) is 6.54. The highest BCUT2D eigenvalue weighted by Crippen LogP contribution is 2.11. The number of aliphatic imine (C=N–C) groups is 1. The predicted octanol–water partition coefficient (Wildman–Crippen LogP) is 1.47. The summed E-state index contributed by atoms with van der Waals surface area (Å²) in [5.74, 6) is 0.671. The molecule has 0 aromatic heterocycles. The van der Waals surface area contributed by atoms with Gasteiger partial charge in [0.15, 0.2) is 5.96 Å². The molecule has 1 unspecified atom stereocenters. The zero-order valence-corrected chi connectivity index (χ0v) is 15.1. The Kier molecular flexibility index (Phi) is 12.1. The first-order valence-corrected chi connectivity index (χ1v) is 8.97. The molecule has 0 aromatic rings. The van der Waals surface area contributed by atoms with Gasteiger partial charge >= 0.3 is 5.97 Å². The van der Waals surface area contributed by atoms with Crippen LogP contribution in [0.1, 0.15) is 44.9 Å². The lowest BCUT2D eigenvalue weighted by Crippen LogP contribution is -2.38. The third kappa shape index (κ3) is 10.4. The predicted molar refractivity (Wildman–Crippen MR) is 94.3 cm³/mol. The van der Waals surface area contributed by atoms with Crippen molar-refractivity contribution in [1.29, 1.82) is 0 Å². The smallest absolute Gasteiger partial charge is 0.305 e. The Hall–Kier alpha value is -1.34. The van der Waals surface area contributed by atoms with Crippen molar-refractivity contribution in [3.63, 3.8) is 0 Å². The maximum absolute atomic E-state index is 11.0. The summed E-state index contributed by atoms with van der Waals surface area (Å²) in [6.07, 6.45) is 6.86. The van der Waals surface area contributed by atoms with Gasteiger partial charge in [-0.3, -0.25) is 9.79 Å². The van der Waals surface area contributed by atoms with Gasteiger partial charge in [-0.05, 0) is 32.1 Å². The van der Waals surface area contributed by atoms with E-state index < -0.39 is 0 Å². The van der Waals surface area contributed by atoms with Crippen molar-refractivity contribution in [3.05, 3.63) is 0 Å². The van der Waals surface area contributed by atoms with Crippen LogP contribution in [-0.4, -0.2) is 65.1 Å². The third-order valence-electron chi connectivity index (χ3n) is 3.89. The number of nitrogens with zero attached hydrogens (tertiary/aromatic N) is 1. The lowest BCUT2D eigenvalue weighted by molar-refractivity contribution is -0.140. The average molecular weight is 343 g/mol. The molecule has 0 radical (unpaired) electrons. The number of unbranched alkanes of at least 4 members (excludes halogenated alkanes) is 2. The molecule has 1 atom stereocenters. The van der Waals surface area contributed by atoms with E-state index in [1.54, 1.807) is 7.05 Å². The van der Waals surface area contributed by atoms with Crippen LogP contribution in [0.5, 0.6) is 0 Å². The summed E-state index contributed by atoms with van der Waals surface area (Å²) < 4.78 is 15.7. The van der Waals surface area contributed by atoms with E-state index in [0.29, 0.717) is 19.1 Å². The first-order valence-electron chi connectivity index (χ1n) is 8.97. The highest BCUT2D eigenvalue weighted by atomic mass is 16.5. The molecular formula is C17H33N3O4. The zero-order valence-electron chi connectivity index (χ0n) is 15.1. The van der Waals surface area contributed by atoms with Gasteiger partial charge in [-0.25, -0.2) is 0 Å². The van der Waals surface area contributed by atoms with Gasteiger partial charge in [0, 0.05) is 39.8 Å². The minimum Gasteiger partial charge on any atom is -0.469 e. The quantitative estimate of drug-likeness (QED) is 0.242. The Balaban J connectivity index is 1.90. The van der Waals surface area contributed by atoms with Gasteiger partial charge in [-0.2, -0.15) is 0 Å². The molecule has 7 nitrogen and oxygen atoms in total. The molecule has 0 spiro atoms. The summed E-state index contributed by atoms with van der Waals surface area (Å²) in [5.41, 5.74) is 0. The van der Waals surface area contributed by atoms with Gasteiger partial charge in [0.05, 0.1) is 19.8 Å². The van der Waals surface area contributed by atoms with Gasteiger partial charge in [0.1, 0.15) is 0 Å². The fourth-order valence-corrected chi connectivity index (χ4v) is 2.47. The Labute approximate surface area is 145 Å². The van der Waals surface area contributed by atoms with E-state index in [0.717, 1.165) is 70.8 Å². The molecule has 0 bridgehead atoms. The Morgan fingerprint density at radius 3 is 2.67 bits per heavy atom. The fraction of sp³-hybridized carbons (Fsp3) is 0.882. The number of methoxy groups -OCH3 is 1. The molecule has 1 rings (SSSR count). The van der Waals surface area contributed by atoms with Gasteiger partial charge in [-0.15, -0.1) is 0 Å². The number of carbonyl (C=O) groups excluding carboxylic acids is 1. The third-order valence-corrected chi connectivity index (χ3v) is 3.89. The first kappa shape index (κ1) is 20.7. The zero-order chi connectivity index (χ0) is 17.5. The van der Waals surface area contributed by atoms with E-state index in [4.69, 9.17) is 9.47 Å². The number of ether oxygens (including phenoxy) is 3. The second-order valence-electron chi connectivity index (χ2n) is 5.88. The molecule has 2 N–H and O–H groups in total. The number of rotatable bonds is 12. The molecule has 1 aliphatic heterocycles. The number of esters is 1. The topological polar surface area (TPSA) is 81.2 Å². The van der Waals surface area contributed by atoms with E-state index in [-0.39, 0.29) is 5.97 Å². The van der Waals surface area contributed by atoms with Crippen LogP contribution < -0.4 is 10.6 Å². The number of hydrogen-bond donors (Lipinski definition) is 2. The minimum atomic E-state index is -0.137. The standard InChI is InChI=1S/C17H33N3O4/c1-18-17(19-10-5-3-4-9-16(21)22-2)20-11-7-12-23-14-15-8-6-13-24-15/h15H,3-14H2,1-2H3,(H2,18,19,20). The Bertz CT molecular complexity index is 358. The average Bonchev–Trinajstić information content (AvgIpc) is 3.12. The SMILES string of the molecule is CN=C(NCCCCCC(=O)OC)NCCCOCC1CCCO1. The van der Waals surface area contributed by atoms with Gasteiger partial charge in [0.2, 0.25) is 0 Å². The van der Waals surface area contributed by atoms with Crippen LogP contribution in [0, 0.1) is 0 Å². The van der Waals surface area contributed by atoms with E-state index in [9.17, 15) is 4.79 Å². The molecule has 7 heteroatoms. The van der Waals surface area contributed by atoms with Crippen molar-refractivity contribution in [3.8, 4) is 0 Å². The monoisotopic (exact) mass is 343 g/mol. The van der Waals surface area contributed by atoms with E-state index in [1.165, 1.54) is 7.11 Å². The van der Waals surface area contributed by atoms with Crippen molar-refractivity contribution in [2.45, 2.75) is 51.0 Å². The summed E-state index contributed by atoms with van der Waals surface area (Å²) in [6, 6.07) is 0. The molecule has 1 aliphatic rings. The fourth-order valence-electron chi connectivity index (χ4n) is 2.47. The molecule has 140 valence electrons. The van der Waals surface area contributed by atoms with Crippen molar-refractivity contribution < 1.29 is 19.0 Å². The summed E-state index contributed by atoms with van der Waals surface area (Å²) >= 11 is 0. The van der Waals surface area contributed by atoms with Crippen LogP contribution in [0.4, 0.5) is 0 Å². The Morgan fingerprint density at radius 1 is 1.21 bits per heavy atom. The molecule has 0 amide bonds. The molecule has 0 aromatic carbocycles.